The molecule has 1 aromatic rings. The summed E-state index contributed by atoms with van der Waals surface area (Å²) in [5.74, 6) is 0. The maximum absolute atomic E-state index is 11.5. The van der Waals surface area contributed by atoms with Crippen molar-refractivity contribution in [2.24, 2.45) is 7.05 Å². The van der Waals surface area contributed by atoms with Crippen LogP contribution in [-0.4, -0.2) is 10.6 Å². The van der Waals surface area contributed by atoms with Gasteiger partial charge in [-0.05, 0) is 6.07 Å². The lowest BCUT2D eigenvalue weighted by molar-refractivity contribution is 0.583. The van der Waals surface area contributed by atoms with Crippen LogP contribution in [-0.2, 0) is 13.6 Å². The minimum absolute atomic E-state index is 0.0793. The van der Waals surface area contributed by atoms with Gasteiger partial charge in [-0.1, -0.05) is 19.9 Å². The molecule has 1 heterocycles. The summed E-state index contributed by atoms with van der Waals surface area (Å²) in [5.41, 5.74) is 0.898. The van der Waals surface area contributed by atoms with Crippen LogP contribution in [0.1, 0.15) is 19.4 Å². The molecule has 0 fully saturated rings. The smallest absolute Gasteiger partial charge is 0.254 e. The van der Waals surface area contributed by atoms with E-state index in [0.717, 1.165) is 5.56 Å². The molecule has 1 N–H and O–H groups in total. The number of nitrogens with zero attached hydrogens (tertiary/aromatic N) is 1. The van der Waals surface area contributed by atoms with E-state index in [1.54, 1.807) is 17.8 Å². The van der Waals surface area contributed by atoms with Crippen molar-refractivity contribution < 1.29 is 0 Å². The minimum Gasteiger partial charge on any atom is -0.318 e. The highest BCUT2D eigenvalue weighted by atomic mass is 16.1. The fourth-order valence-corrected chi connectivity index (χ4v) is 1.10. The van der Waals surface area contributed by atoms with Crippen molar-refractivity contribution in [1.29, 1.82) is 0 Å². The van der Waals surface area contributed by atoms with Gasteiger partial charge < -0.3 is 9.88 Å². The number of hydrogen-bond donors (Lipinski definition) is 1. The molecule has 0 aliphatic rings. The molecule has 3 nitrogen and oxygen atoms in total. The van der Waals surface area contributed by atoms with Gasteiger partial charge in [0.05, 0.1) is 0 Å². The summed E-state index contributed by atoms with van der Waals surface area (Å²) in [4.78, 5) is 11.5. The molecule has 0 spiro atoms. The van der Waals surface area contributed by atoms with E-state index in [9.17, 15) is 4.79 Å². The molecule has 0 aliphatic heterocycles. The van der Waals surface area contributed by atoms with Crippen molar-refractivity contribution in [2.75, 3.05) is 0 Å². The zero-order chi connectivity index (χ0) is 9.84. The first kappa shape index (κ1) is 9.99. The van der Waals surface area contributed by atoms with Gasteiger partial charge in [-0.2, -0.15) is 0 Å². The molecule has 3 heteroatoms. The molecule has 0 saturated carbocycles. The van der Waals surface area contributed by atoms with Crippen LogP contribution in [0.15, 0.2) is 23.1 Å². The Morgan fingerprint density at radius 3 is 2.85 bits per heavy atom. The van der Waals surface area contributed by atoms with Gasteiger partial charge in [0.15, 0.2) is 0 Å². The van der Waals surface area contributed by atoms with Crippen LogP contribution in [0, 0.1) is 0 Å². The Morgan fingerprint density at radius 1 is 1.54 bits per heavy atom. The predicted octanol–water partition coefficient (Wildman–Crippen LogP) is 0.883. The maximum atomic E-state index is 11.5. The van der Waals surface area contributed by atoms with Crippen molar-refractivity contribution in [3.63, 3.8) is 0 Å². The second-order valence-electron chi connectivity index (χ2n) is 3.49. The Morgan fingerprint density at radius 2 is 2.23 bits per heavy atom. The van der Waals surface area contributed by atoms with Gasteiger partial charge in [0.25, 0.3) is 5.56 Å². The van der Waals surface area contributed by atoms with E-state index in [0.29, 0.717) is 12.6 Å². The van der Waals surface area contributed by atoms with E-state index < -0.39 is 0 Å². The Hall–Kier alpha value is -1.09. The van der Waals surface area contributed by atoms with Gasteiger partial charge in [0.2, 0.25) is 0 Å². The van der Waals surface area contributed by atoms with E-state index in [-0.39, 0.29) is 5.56 Å². The fraction of sp³-hybridized carbons (Fsp3) is 0.500. The SMILES string of the molecule is CC(C)NCc1cccn(C)c1=O. The first-order chi connectivity index (χ1) is 6.11. The Kier molecular flexibility index (Phi) is 3.25. The summed E-state index contributed by atoms with van der Waals surface area (Å²) in [6.45, 7) is 4.77. The second kappa shape index (κ2) is 4.23. The van der Waals surface area contributed by atoms with Crippen molar-refractivity contribution >= 4 is 0 Å². The van der Waals surface area contributed by atoms with Gasteiger partial charge in [-0.3, -0.25) is 4.79 Å². The average Bonchev–Trinajstić information content (AvgIpc) is 2.07. The van der Waals surface area contributed by atoms with E-state index in [4.69, 9.17) is 0 Å². The average molecular weight is 180 g/mol. The molecular formula is C10H16N2O. The minimum atomic E-state index is 0.0793. The third-order valence-electron chi connectivity index (χ3n) is 1.90. The Labute approximate surface area is 78.4 Å². The first-order valence-electron chi connectivity index (χ1n) is 4.49. The molecule has 0 aromatic carbocycles. The third kappa shape index (κ3) is 2.70. The highest BCUT2D eigenvalue weighted by Gasteiger charge is 2.00. The van der Waals surface area contributed by atoms with Gasteiger partial charge in [0, 0.05) is 31.4 Å². The maximum Gasteiger partial charge on any atom is 0.254 e. The Bertz CT molecular complexity index is 328. The number of aromatic nitrogens is 1. The van der Waals surface area contributed by atoms with E-state index in [1.807, 2.05) is 12.1 Å². The van der Waals surface area contributed by atoms with E-state index >= 15 is 0 Å². The zero-order valence-corrected chi connectivity index (χ0v) is 8.37. The molecule has 0 amide bonds. The van der Waals surface area contributed by atoms with Crippen molar-refractivity contribution in [1.82, 2.24) is 9.88 Å². The largest absolute Gasteiger partial charge is 0.318 e. The van der Waals surface area contributed by atoms with E-state index in [1.165, 1.54) is 0 Å². The fourth-order valence-electron chi connectivity index (χ4n) is 1.10. The molecular weight excluding hydrogens is 164 g/mol. The molecule has 1 rings (SSSR count). The van der Waals surface area contributed by atoms with Crippen LogP contribution in [0.25, 0.3) is 0 Å². The number of nitrogens with one attached hydrogen (secondary N) is 1. The molecule has 0 bridgehead atoms. The predicted molar refractivity (Wildman–Crippen MR) is 53.7 cm³/mol. The number of pyridine rings is 1. The second-order valence-corrected chi connectivity index (χ2v) is 3.49. The zero-order valence-electron chi connectivity index (χ0n) is 8.37. The highest BCUT2D eigenvalue weighted by Crippen LogP contribution is 1.91. The lowest BCUT2D eigenvalue weighted by atomic mass is 10.2. The molecule has 1 aromatic heterocycles. The summed E-state index contributed by atoms with van der Waals surface area (Å²) >= 11 is 0. The van der Waals surface area contributed by atoms with Crippen LogP contribution in [0.2, 0.25) is 0 Å². The summed E-state index contributed by atoms with van der Waals surface area (Å²) in [6.07, 6.45) is 1.77. The number of rotatable bonds is 3. The first-order valence-corrected chi connectivity index (χ1v) is 4.49. The van der Waals surface area contributed by atoms with Crippen molar-refractivity contribution in [3.8, 4) is 0 Å². The summed E-state index contributed by atoms with van der Waals surface area (Å²) in [7, 11) is 1.77. The monoisotopic (exact) mass is 180 g/mol. The van der Waals surface area contributed by atoms with Crippen LogP contribution in [0.5, 0.6) is 0 Å². The van der Waals surface area contributed by atoms with Crippen LogP contribution >= 0.6 is 0 Å². The number of hydrogen-bond acceptors (Lipinski definition) is 2. The third-order valence-corrected chi connectivity index (χ3v) is 1.90. The van der Waals surface area contributed by atoms with Crippen molar-refractivity contribution in [3.05, 3.63) is 34.2 Å². The topological polar surface area (TPSA) is 34.0 Å². The lowest BCUT2D eigenvalue weighted by Crippen LogP contribution is -2.28. The molecule has 0 atom stereocenters. The summed E-state index contributed by atoms with van der Waals surface area (Å²) < 4.78 is 1.59. The molecule has 72 valence electrons. The summed E-state index contributed by atoms with van der Waals surface area (Å²) in [6, 6.07) is 4.15. The normalized spacial score (nSPS) is 10.8. The molecule has 0 unspecified atom stereocenters. The van der Waals surface area contributed by atoms with Crippen molar-refractivity contribution in [2.45, 2.75) is 26.4 Å². The van der Waals surface area contributed by atoms with Gasteiger partial charge in [0.1, 0.15) is 0 Å². The summed E-state index contributed by atoms with van der Waals surface area (Å²) in [5, 5.41) is 3.22. The van der Waals surface area contributed by atoms with Gasteiger partial charge in [-0.25, -0.2) is 0 Å². The van der Waals surface area contributed by atoms with Gasteiger partial charge in [-0.15, -0.1) is 0 Å². The highest BCUT2D eigenvalue weighted by molar-refractivity contribution is 5.09. The quantitative estimate of drug-likeness (QED) is 0.749. The molecule has 0 saturated heterocycles. The van der Waals surface area contributed by atoms with Crippen LogP contribution in [0.3, 0.4) is 0 Å². The van der Waals surface area contributed by atoms with E-state index in [2.05, 4.69) is 19.2 Å². The standard InChI is InChI=1S/C10H16N2O/c1-8(2)11-7-9-5-4-6-12(3)10(9)13/h4-6,8,11H,7H2,1-3H3. The number of aryl methyl sites for hydroxylation is 1. The van der Waals surface area contributed by atoms with Crippen LogP contribution in [0.4, 0.5) is 0 Å². The Balaban J connectivity index is 2.78. The van der Waals surface area contributed by atoms with Gasteiger partial charge >= 0.3 is 0 Å². The lowest BCUT2D eigenvalue weighted by Gasteiger charge is -2.07. The molecule has 0 aliphatic carbocycles. The molecule has 13 heavy (non-hydrogen) atoms. The molecule has 0 radical (unpaired) electrons. The van der Waals surface area contributed by atoms with Crippen LogP contribution < -0.4 is 10.9 Å².